The van der Waals surface area contributed by atoms with Gasteiger partial charge in [0, 0.05) is 10.9 Å². The van der Waals surface area contributed by atoms with Crippen molar-refractivity contribution < 1.29 is 0 Å². The van der Waals surface area contributed by atoms with Crippen molar-refractivity contribution in [3.63, 3.8) is 0 Å². The molecule has 1 aromatic rings. The molecule has 1 rings (SSSR count). The van der Waals surface area contributed by atoms with Crippen LogP contribution in [-0.2, 0) is 0 Å². The first-order chi connectivity index (χ1) is 7.63. The third-order valence-corrected chi connectivity index (χ3v) is 3.76. The zero-order valence-electron chi connectivity index (χ0n) is 10.6. The van der Waals surface area contributed by atoms with Crippen LogP contribution in [0.3, 0.4) is 0 Å². The summed E-state index contributed by atoms with van der Waals surface area (Å²) in [5.74, 6) is 2.00. The highest BCUT2D eigenvalue weighted by Crippen LogP contribution is 2.23. The van der Waals surface area contributed by atoms with Crippen LogP contribution >= 0.6 is 11.8 Å². The Balaban J connectivity index is 2.45. The van der Waals surface area contributed by atoms with E-state index in [9.17, 15) is 0 Å². The van der Waals surface area contributed by atoms with Crippen LogP contribution in [0.2, 0.25) is 0 Å². The molecule has 0 aromatic heterocycles. The summed E-state index contributed by atoms with van der Waals surface area (Å²) in [5.41, 5.74) is 7.22. The Labute approximate surface area is 104 Å². The lowest BCUT2D eigenvalue weighted by Gasteiger charge is -2.10. The monoisotopic (exact) mass is 237 g/mol. The zero-order chi connectivity index (χ0) is 12.0. The second kappa shape index (κ2) is 6.97. The highest BCUT2D eigenvalue weighted by Gasteiger charge is 2.03. The van der Waals surface area contributed by atoms with Crippen molar-refractivity contribution in [1.82, 2.24) is 0 Å². The van der Waals surface area contributed by atoms with Crippen LogP contribution in [-0.4, -0.2) is 5.75 Å². The van der Waals surface area contributed by atoms with E-state index in [-0.39, 0.29) is 6.04 Å². The van der Waals surface area contributed by atoms with Crippen LogP contribution in [0.1, 0.15) is 45.2 Å². The summed E-state index contributed by atoms with van der Waals surface area (Å²) in [6.45, 7) is 6.66. The van der Waals surface area contributed by atoms with E-state index in [0.29, 0.717) is 0 Å². The number of benzene rings is 1. The molecule has 0 heterocycles. The molecule has 1 nitrogen and oxygen atoms in total. The summed E-state index contributed by atoms with van der Waals surface area (Å²) in [4.78, 5) is 1.35. The molecule has 0 unspecified atom stereocenters. The highest BCUT2D eigenvalue weighted by molar-refractivity contribution is 7.99. The quantitative estimate of drug-likeness (QED) is 0.749. The highest BCUT2D eigenvalue weighted by atomic mass is 32.2. The van der Waals surface area contributed by atoms with Gasteiger partial charge in [0.05, 0.1) is 0 Å². The van der Waals surface area contributed by atoms with Crippen LogP contribution < -0.4 is 5.73 Å². The molecule has 90 valence electrons. The van der Waals surface area contributed by atoms with E-state index in [1.54, 1.807) is 0 Å². The van der Waals surface area contributed by atoms with Crippen molar-refractivity contribution in [1.29, 1.82) is 0 Å². The molecule has 0 amide bonds. The summed E-state index contributed by atoms with van der Waals surface area (Å²) < 4.78 is 0. The Morgan fingerprint density at radius 1 is 1.19 bits per heavy atom. The molecule has 1 atom stereocenters. The van der Waals surface area contributed by atoms with Crippen LogP contribution in [0.4, 0.5) is 0 Å². The molecule has 1 aromatic carbocycles. The van der Waals surface area contributed by atoms with Gasteiger partial charge in [-0.2, -0.15) is 0 Å². The average Bonchev–Trinajstić information content (AvgIpc) is 2.28. The minimum atomic E-state index is 0.190. The maximum absolute atomic E-state index is 5.98. The lowest BCUT2D eigenvalue weighted by atomic mass is 10.1. The van der Waals surface area contributed by atoms with Crippen molar-refractivity contribution in [2.45, 2.75) is 44.6 Å². The zero-order valence-corrected chi connectivity index (χ0v) is 11.4. The maximum Gasteiger partial charge on any atom is 0.0292 e. The molecule has 0 saturated heterocycles. The third kappa shape index (κ3) is 4.58. The molecule has 0 radical (unpaired) electrons. The molecule has 2 heteroatoms. The number of hydrogen-bond acceptors (Lipinski definition) is 2. The van der Waals surface area contributed by atoms with Crippen LogP contribution in [0.5, 0.6) is 0 Å². The summed E-state index contributed by atoms with van der Waals surface area (Å²) in [6, 6.07) is 8.89. The molecule has 0 aliphatic heterocycles. The fraction of sp³-hybridized carbons (Fsp3) is 0.571. The first-order valence-corrected chi connectivity index (χ1v) is 7.10. The lowest BCUT2D eigenvalue weighted by molar-refractivity contribution is 0.632. The van der Waals surface area contributed by atoms with Gasteiger partial charge < -0.3 is 5.73 Å². The van der Waals surface area contributed by atoms with Crippen molar-refractivity contribution in [3.05, 3.63) is 29.8 Å². The number of hydrogen-bond donors (Lipinski definition) is 1. The maximum atomic E-state index is 5.98. The molecular formula is C14H23NS. The first kappa shape index (κ1) is 13.6. The van der Waals surface area contributed by atoms with E-state index in [0.717, 1.165) is 12.3 Å². The van der Waals surface area contributed by atoms with Crippen molar-refractivity contribution in [2.24, 2.45) is 11.7 Å². The standard InChI is InChI=1S/C14H23NS/c1-4-14(15)12-5-7-13(8-6-12)16-10-9-11(2)3/h5-8,11,14H,4,9-10,15H2,1-3H3/t14-/m1/s1. The van der Waals surface area contributed by atoms with Crippen molar-refractivity contribution in [2.75, 3.05) is 5.75 Å². The molecule has 0 aliphatic carbocycles. The number of nitrogens with two attached hydrogens (primary N) is 1. The largest absolute Gasteiger partial charge is 0.324 e. The van der Waals surface area contributed by atoms with Crippen molar-refractivity contribution >= 4 is 11.8 Å². The van der Waals surface area contributed by atoms with Gasteiger partial charge in [-0.1, -0.05) is 32.9 Å². The van der Waals surface area contributed by atoms with E-state index in [1.807, 2.05) is 11.8 Å². The Morgan fingerprint density at radius 3 is 2.31 bits per heavy atom. The molecule has 0 aliphatic rings. The van der Waals surface area contributed by atoms with E-state index in [2.05, 4.69) is 45.0 Å². The molecule has 16 heavy (non-hydrogen) atoms. The van der Waals surface area contributed by atoms with Gasteiger partial charge >= 0.3 is 0 Å². The Morgan fingerprint density at radius 2 is 1.81 bits per heavy atom. The SMILES string of the molecule is CC[C@@H](N)c1ccc(SCCC(C)C)cc1. The lowest BCUT2D eigenvalue weighted by Crippen LogP contribution is -2.07. The topological polar surface area (TPSA) is 26.0 Å². The van der Waals surface area contributed by atoms with Crippen LogP contribution in [0.25, 0.3) is 0 Å². The average molecular weight is 237 g/mol. The predicted molar refractivity (Wildman–Crippen MR) is 73.8 cm³/mol. The molecule has 0 bridgehead atoms. The second-order valence-electron chi connectivity index (χ2n) is 4.61. The normalized spacial score (nSPS) is 13.1. The van der Waals surface area contributed by atoms with Gasteiger partial charge in [-0.15, -0.1) is 11.8 Å². The number of rotatable bonds is 6. The summed E-state index contributed by atoms with van der Waals surface area (Å²) in [6.07, 6.45) is 2.28. The predicted octanol–water partition coefficient (Wildman–Crippen LogP) is 4.23. The molecule has 0 saturated carbocycles. The smallest absolute Gasteiger partial charge is 0.0292 e. The first-order valence-electron chi connectivity index (χ1n) is 6.11. The molecule has 0 fully saturated rings. The fourth-order valence-electron chi connectivity index (χ4n) is 1.46. The van der Waals surface area contributed by atoms with Crippen LogP contribution in [0, 0.1) is 5.92 Å². The van der Waals surface area contributed by atoms with E-state index < -0.39 is 0 Å². The van der Waals surface area contributed by atoms with Gasteiger partial charge in [0.2, 0.25) is 0 Å². The summed E-state index contributed by atoms with van der Waals surface area (Å²) in [5, 5.41) is 0. The van der Waals surface area contributed by atoms with E-state index >= 15 is 0 Å². The van der Waals surface area contributed by atoms with Gasteiger partial charge in [-0.05, 0) is 42.2 Å². The van der Waals surface area contributed by atoms with E-state index in [1.165, 1.54) is 22.6 Å². The van der Waals surface area contributed by atoms with Gasteiger partial charge in [0.1, 0.15) is 0 Å². The minimum absolute atomic E-state index is 0.190. The summed E-state index contributed by atoms with van der Waals surface area (Å²) >= 11 is 1.94. The van der Waals surface area contributed by atoms with Gasteiger partial charge in [-0.25, -0.2) is 0 Å². The Bertz CT molecular complexity index is 292. The third-order valence-electron chi connectivity index (χ3n) is 2.71. The van der Waals surface area contributed by atoms with E-state index in [4.69, 9.17) is 5.73 Å². The molecular weight excluding hydrogens is 214 g/mol. The van der Waals surface area contributed by atoms with Gasteiger partial charge in [0.25, 0.3) is 0 Å². The number of thioether (sulfide) groups is 1. The second-order valence-corrected chi connectivity index (χ2v) is 5.78. The van der Waals surface area contributed by atoms with Gasteiger partial charge in [0.15, 0.2) is 0 Å². The van der Waals surface area contributed by atoms with Crippen LogP contribution in [0.15, 0.2) is 29.2 Å². The Hall–Kier alpha value is -0.470. The fourth-order valence-corrected chi connectivity index (χ4v) is 2.61. The minimum Gasteiger partial charge on any atom is -0.324 e. The summed E-state index contributed by atoms with van der Waals surface area (Å²) in [7, 11) is 0. The van der Waals surface area contributed by atoms with Crippen molar-refractivity contribution in [3.8, 4) is 0 Å². The molecule has 0 spiro atoms. The molecule has 2 N–H and O–H groups in total. The van der Waals surface area contributed by atoms with Gasteiger partial charge in [-0.3, -0.25) is 0 Å². The Kier molecular flexibility index (Phi) is 5.93.